The summed E-state index contributed by atoms with van der Waals surface area (Å²) in [6, 6.07) is 3.17. The SMILES string of the molecule is NNC(=[17O])c1ccncc1. The van der Waals surface area contributed by atoms with Crippen LogP contribution in [0.15, 0.2) is 24.5 Å². The molecule has 1 aromatic heterocycles. The molecule has 3 N–H and O–H groups in total. The van der Waals surface area contributed by atoms with Crippen molar-refractivity contribution >= 4 is 5.91 Å². The number of aromatic nitrogens is 1. The maximum atomic E-state index is 10.7. The molecule has 0 saturated heterocycles. The summed E-state index contributed by atoms with van der Waals surface area (Å²) in [5.41, 5.74) is 2.53. The number of nitrogens with one attached hydrogen (secondary N) is 1. The van der Waals surface area contributed by atoms with E-state index in [1.165, 1.54) is 12.4 Å². The normalized spacial score (nSPS) is 8.90. The second-order valence-electron chi connectivity index (χ2n) is 1.71. The number of amides is 1. The van der Waals surface area contributed by atoms with Crippen LogP contribution in [0.25, 0.3) is 0 Å². The summed E-state index contributed by atoms with van der Waals surface area (Å²) >= 11 is 0. The van der Waals surface area contributed by atoms with E-state index in [4.69, 9.17) is 5.84 Å². The number of nitrogen functional groups attached to an aromatic ring is 1. The van der Waals surface area contributed by atoms with E-state index in [-0.39, 0.29) is 5.91 Å². The number of carbonyl (C=O) groups is 1. The van der Waals surface area contributed by atoms with Crippen LogP contribution in [0.2, 0.25) is 0 Å². The summed E-state index contributed by atoms with van der Waals surface area (Å²) in [5, 5.41) is 0. The second kappa shape index (κ2) is 2.93. The Labute approximate surface area is 58.0 Å². The molecule has 1 aromatic rings. The Morgan fingerprint density at radius 1 is 1.50 bits per heavy atom. The monoisotopic (exact) mass is 138 g/mol. The number of pyridine rings is 1. The van der Waals surface area contributed by atoms with E-state index in [0.717, 1.165) is 0 Å². The molecule has 1 amide bonds. The maximum Gasteiger partial charge on any atom is 0.265 e. The Morgan fingerprint density at radius 3 is 2.60 bits per heavy atom. The van der Waals surface area contributed by atoms with Gasteiger partial charge in [0.05, 0.1) is 0 Å². The molecule has 10 heavy (non-hydrogen) atoms. The summed E-state index contributed by atoms with van der Waals surface area (Å²) in [6.45, 7) is 0. The van der Waals surface area contributed by atoms with Crippen molar-refractivity contribution < 1.29 is 4.79 Å². The van der Waals surface area contributed by atoms with Crippen molar-refractivity contribution in [2.24, 2.45) is 5.84 Å². The molecule has 0 aliphatic carbocycles. The lowest BCUT2D eigenvalue weighted by atomic mass is 10.3. The van der Waals surface area contributed by atoms with Gasteiger partial charge in [0.1, 0.15) is 0 Å². The molecule has 1 rings (SSSR count). The van der Waals surface area contributed by atoms with Gasteiger partial charge in [-0.15, -0.1) is 0 Å². The van der Waals surface area contributed by atoms with Gasteiger partial charge < -0.3 is 0 Å². The molecule has 0 fully saturated rings. The average Bonchev–Trinajstić information content (AvgIpc) is 2.05. The predicted molar refractivity (Wildman–Crippen MR) is 35.9 cm³/mol. The molecule has 0 aliphatic rings. The highest BCUT2D eigenvalue weighted by Gasteiger charge is 1.98. The Hall–Kier alpha value is -1.42. The topological polar surface area (TPSA) is 68.0 Å². The molecule has 0 bridgehead atoms. The molecule has 4 heteroatoms. The summed E-state index contributed by atoms with van der Waals surface area (Å²) in [5.74, 6) is 4.58. The van der Waals surface area contributed by atoms with Crippen molar-refractivity contribution in [1.29, 1.82) is 0 Å². The molecular weight excluding hydrogens is 131 g/mol. The van der Waals surface area contributed by atoms with E-state index in [0.29, 0.717) is 5.56 Å². The van der Waals surface area contributed by atoms with Crippen LogP contribution in [-0.4, -0.2) is 10.9 Å². The van der Waals surface area contributed by atoms with Gasteiger partial charge in [-0.25, -0.2) is 5.84 Å². The van der Waals surface area contributed by atoms with Gasteiger partial charge in [-0.05, 0) is 12.1 Å². The molecule has 52 valence electrons. The molecular formula is C6H7N3O. The van der Waals surface area contributed by atoms with Gasteiger partial charge in [-0.2, -0.15) is 0 Å². The molecule has 0 spiro atoms. The average molecular weight is 138 g/mol. The fourth-order valence-corrected chi connectivity index (χ4v) is 0.587. The fraction of sp³-hybridized carbons (Fsp3) is 0. The van der Waals surface area contributed by atoms with Crippen LogP contribution >= 0.6 is 0 Å². The number of hydrogen-bond acceptors (Lipinski definition) is 3. The van der Waals surface area contributed by atoms with Gasteiger partial charge in [-0.1, -0.05) is 0 Å². The molecule has 0 saturated carbocycles. The Bertz CT molecular complexity index is 222. The first-order valence-corrected chi connectivity index (χ1v) is 2.75. The minimum absolute atomic E-state index is 0.303. The minimum Gasteiger partial charge on any atom is -0.290 e. The van der Waals surface area contributed by atoms with E-state index in [2.05, 4.69) is 4.98 Å². The van der Waals surface area contributed by atoms with Crippen LogP contribution < -0.4 is 11.3 Å². The van der Waals surface area contributed by atoms with E-state index in [1.807, 2.05) is 5.43 Å². The number of nitrogens with two attached hydrogens (primary N) is 1. The molecule has 4 nitrogen and oxygen atoms in total. The number of nitrogens with zero attached hydrogens (tertiary/aromatic N) is 1. The zero-order valence-electron chi connectivity index (χ0n) is 5.24. The highest BCUT2D eigenvalue weighted by atomic mass is 17.1. The van der Waals surface area contributed by atoms with Crippen LogP contribution in [0.3, 0.4) is 0 Å². The second-order valence-corrected chi connectivity index (χ2v) is 1.71. The molecule has 0 aromatic carbocycles. The van der Waals surface area contributed by atoms with Gasteiger partial charge in [0.2, 0.25) is 0 Å². The summed E-state index contributed by atoms with van der Waals surface area (Å²) < 4.78 is 0. The van der Waals surface area contributed by atoms with Crippen LogP contribution in [0, 0.1) is 0 Å². The van der Waals surface area contributed by atoms with Gasteiger partial charge in [0.15, 0.2) is 0 Å². The number of carbonyl (C=O) groups excluding carboxylic acids is 1. The standard InChI is InChI=1S/C6H7N3O/c7-9-6(10)5-1-3-8-4-2-5/h1-4H,7H2,(H,9,10)/i10+1. The highest BCUT2D eigenvalue weighted by Crippen LogP contribution is 1.93. The first-order valence-electron chi connectivity index (χ1n) is 2.75. The third kappa shape index (κ3) is 1.29. The van der Waals surface area contributed by atoms with Crippen molar-refractivity contribution in [3.63, 3.8) is 0 Å². The zero-order valence-corrected chi connectivity index (χ0v) is 5.24. The molecule has 0 atom stereocenters. The largest absolute Gasteiger partial charge is 0.290 e. The highest BCUT2D eigenvalue weighted by molar-refractivity contribution is 5.93. The van der Waals surface area contributed by atoms with Crippen molar-refractivity contribution in [2.75, 3.05) is 0 Å². The summed E-state index contributed by atoms with van der Waals surface area (Å²) in [7, 11) is 0. The summed E-state index contributed by atoms with van der Waals surface area (Å²) in [4.78, 5) is 14.5. The van der Waals surface area contributed by atoms with Crippen LogP contribution in [0.5, 0.6) is 0 Å². The first-order chi connectivity index (χ1) is 4.84. The fourth-order valence-electron chi connectivity index (χ4n) is 0.587. The minimum atomic E-state index is -0.303. The molecule has 0 unspecified atom stereocenters. The smallest absolute Gasteiger partial charge is 0.265 e. The number of rotatable bonds is 1. The van der Waals surface area contributed by atoms with Gasteiger partial charge in [0, 0.05) is 18.0 Å². The van der Waals surface area contributed by atoms with E-state index in [9.17, 15) is 4.79 Å². The molecule has 1 heterocycles. The number of hydrogen-bond donors (Lipinski definition) is 2. The van der Waals surface area contributed by atoms with Crippen LogP contribution in [0.1, 0.15) is 10.4 Å². The molecule has 0 radical (unpaired) electrons. The van der Waals surface area contributed by atoms with E-state index < -0.39 is 0 Å². The van der Waals surface area contributed by atoms with Crippen molar-refractivity contribution in [3.05, 3.63) is 30.1 Å². The Morgan fingerprint density at radius 2 is 2.10 bits per heavy atom. The lowest BCUT2D eigenvalue weighted by Gasteiger charge is -1.95. The van der Waals surface area contributed by atoms with E-state index in [1.54, 1.807) is 12.1 Å². The third-order valence-electron chi connectivity index (χ3n) is 1.07. The lowest BCUT2D eigenvalue weighted by molar-refractivity contribution is 0.0953. The Balaban J connectivity index is 2.85. The zero-order chi connectivity index (χ0) is 7.40. The van der Waals surface area contributed by atoms with Crippen molar-refractivity contribution in [3.8, 4) is 0 Å². The van der Waals surface area contributed by atoms with Crippen LogP contribution in [-0.2, 0) is 0 Å². The quantitative estimate of drug-likeness (QED) is 0.317. The van der Waals surface area contributed by atoms with Gasteiger partial charge >= 0.3 is 0 Å². The van der Waals surface area contributed by atoms with Crippen molar-refractivity contribution in [1.82, 2.24) is 10.4 Å². The van der Waals surface area contributed by atoms with Gasteiger partial charge in [-0.3, -0.25) is 15.2 Å². The predicted octanol–water partition coefficient (Wildman–Crippen LogP) is -0.315. The number of hydrazine groups is 1. The summed E-state index contributed by atoms with van der Waals surface area (Å²) in [6.07, 6.45) is 3.06. The lowest BCUT2D eigenvalue weighted by Crippen LogP contribution is -2.29. The van der Waals surface area contributed by atoms with Gasteiger partial charge in [0.25, 0.3) is 5.91 Å². The van der Waals surface area contributed by atoms with Crippen molar-refractivity contribution in [2.45, 2.75) is 0 Å². The van der Waals surface area contributed by atoms with E-state index >= 15 is 0 Å². The molecule has 0 aliphatic heterocycles. The maximum absolute atomic E-state index is 10.7. The Kier molecular flexibility index (Phi) is 1.96. The third-order valence-corrected chi connectivity index (χ3v) is 1.07. The van der Waals surface area contributed by atoms with Crippen LogP contribution in [0.4, 0.5) is 0 Å². The first kappa shape index (κ1) is 6.70.